The Bertz CT molecular complexity index is 474. The SMILES string of the molecule is COc1cc(N)ccc1S(=O)(=O)CC(F)F. The van der Waals surface area contributed by atoms with E-state index in [1.807, 2.05) is 0 Å². The summed E-state index contributed by atoms with van der Waals surface area (Å²) >= 11 is 0. The fourth-order valence-corrected chi connectivity index (χ4v) is 2.43. The summed E-state index contributed by atoms with van der Waals surface area (Å²) in [5, 5.41) is 0. The zero-order chi connectivity index (χ0) is 12.3. The van der Waals surface area contributed by atoms with Crippen molar-refractivity contribution >= 4 is 15.5 Å². The van der Waals surface area contributed by atoms with Gasteiger partial charge in [0, 0.05) is 11.8 Å². The van der Waals surface area contributed by atoms with Gasteiger partial charge >= 0.3 is 0 Å². The zero-order valence-corrected chi connectivity index (χ0v) is 9.30. The van der Waals surface area contributed by atoms with Crippen molar-refractivity contribution in [2.24, 2.45) is 0 Å². The summed E-state index contributed by atoms with van der Waals surface area (Å²) in [6.45, 7) is 0. The van der Waals surface area contributed by atoms with Gasteiger partial charge in [0.15, 0.2) is 9.84 Å². The summed E-state index contributed by atoms with van der Waals surface area (Å²) in [5.41, 5.74) is 5.72. The predicted molar refractivity (Wildman–Crippen MR) is 55.5 cm³/mol. The molecule has 0 amide bonds. The van der Waals surface area contributed by atoms with Crippen LogP contribution in [0.2, 0.25) is 0 Å². The third kappa shape index (κ3) is 2.82. The van der Waals surface area contributed by atoms with E-state index in [0.29, 0.717) is 5.69 Å². The molecule has 90 valence electrons. The van der Waals surface area contributed by atoms with Gasteiger partial charge in [0.25, 0.3) is 6.43 Å². The Morgan fingerprint density at radius 3 is 2.56 bits per heavy atom. The van der Waals surface area contributed by atoms with Crippen molar-refractivity contribution in [1.29, 1.82) is 0 Å². The van der Waals surface area contributed by atoms with Crippen LogP contribution in [0.25, 0.3) is 0 Å². The van der Waals surface area contributed by atoms with Crippen LogP contribution in [0.15, 0.2) is 23.1 Å². The smallest absolute Gasteiger partial charge is 0.252 e. The van der Waals surface area contributed by atoms with Crippen LogP contribution in [0, 0.1) is 0 Å². The van der Waals surface area contributed by atoms with E-state index in [0.717, 1.165) is 6.07 Å². The highest BCUT2D eigenvalue weighted by Gasteiger charge is 2.24. The third-order valence-corrected chi connectivity index (χ3v) is 3.57. The van der Waals surface area contributed by atoms with Gasteiger partial charge in [-0.05, 0) is 12.1 Å². The number of sulfone groups is 1. The molecule has 0 bridgehead atoms. The molecule has 0 atom stereocenters. The summed E-state index contributed by atoms with van der Waals surface area (Å²) < 4.78 is 52.0. The van der Waals surface area contributed by atoms with Gasteiger partial charge in [-0.1, -0.05) is 0 Å². The second-order valence-corrected chi connectivity index (χ2v) is 5.09. The first-order valence-corrected chi connectivity index (χ1v) is 5.96. The minimum Gasteiger partial charge on any atom is -0.495 e. The van der Waals surface area contributed by atoms with Crippen molar-refractivity contribution in [2.75, 3.05) is 18.6 Å². The molecule has 0 fully saturated rings. The van der Waals surface area contributed by atoms with Crippen molar-refractivity contribution < 1.29 is 21.9 Å². The topological polar surface area (TPSA) is 69.4 Å². The van der Waals surface area contributed by atoms with Gasteiger partial charge in [0.2, 0.25) is 0 Å². The number of anilines is 1. The molecule has 2 N–H and O–H groups in total. The number of benzene rings is 1. The first-order chi connectivity index (χ1) is 7.36. The molecule has 0 saturated heterocycles. The van der Waals surface area contributed by atoms with Gasteiger partial charge in [0.05, 0.1) is 7.11 Å². The molecule has 0 aliphatic rings. The number of nitrogen functional groups attached to an aromatic ring is 1. The first-order valence-electron chi connectivity index (χ1n) is 4.31. The van der Waals surface area contributed by atoms with Gasteiger partial charge in [-0.3, -0.25) is 0 Å². The molecule has 0 saturated carbocycles. The Balaban J connectivity index is 3.22. The summed E-state index contributed by atoms with van der Waals surface area (Å²) in [5.74, 6) is -1.26. The van der Waals surface area contributed by atoms with Crippen LogP contribution < -0.4 is 10.5 Å². The number of alkyl halides is 2. The van der Waals surface area contributed by atoms with Gasteiger partial charge in [-0.2, -0.15) is 0 Å². The summed E-state index contributed by atoms with van der Waals surface area (Å²) in [7, 11) is -2.80. The molecule has 4 nitrogen and oxygen atoms in total. The summed E-state index contributed by atoms with van der Waals surface area (Å²) in [6.07, 6.45) is -2.92. The van der Waals surface area contributed by atoms with E-state index in [2.05, 4.69) is 0 Å². The van der Waals surface area contributed by atoms with Crippen LogP contribution in [0.4, 0.5) is 14.5 Å². The number of hydrogen-bond donors (Lipinski definition) is 1. The van der Waals surface area contributed by atoms with Crippen LogP contribution in [0.5, 0.6) is 5.75 Å². The number of halogens is 2. The second-order valence-electron chi connectivity index (χ2n) is 3.08. The molecule has 0 unspecified atom stereocenters. The van der Waals surface area contributed by atoms with Crippen molar-refractivity contribution in [3.8, 4) is 5.75 Å². The van der Waals surface area contributed by atoms with Crippen molar-refractivity contribution in [2.45, 2.75) is 11.3 Å². The molecule has 7 heteroatoms. The van der Waals surface area contributed by atoms with Gasteiger partial charge < -0.3 is 10.5 Å². The van der Waals surface area contributed by atoms with E-state index in [1.165, 1.54) is 19.2 Å². The van der Waals surface area contributed by atoms with Crippen molar-refractivity contribution in [3.05, 3.63) is 18.2 Å². The standard InChI is InChI=1S/C9H11F2NO3S/c1-15-7-4-6(12)2-3-8(7)16(13,14)5-9(10)11/h2-4,9H,5,12H2,1H3. The minimum absolute atomic E-state index is 0.0272. The summed E-state index contributed by atoms with van der Waals surface area (Å²) in [6, 6.07) is 3.76. The predicted octanol–water partition coefficient (Wildman–Crippen LogP) is 1.32. The van der Waals surface area contributed by atoms with E-state index in [9.17, 15) is 17.2 Å². The molecule has 0 aliphatic heterocycles. The van der Waals surface area contributed by atoms with E-state index in [-0.39, 0.29) is 10.6 Å². The zero-order valence-electron chi connectivity index (χ0n) is 8.48. The minimum atomic E-state index is -4.05. The molecule has 0 spiro atoms. The van der Waals surface area contributed by atoms with Gasteiger partial charge in [-0.25, -0.2) is 17.2 Å². The quantitative estimate of drug-likeness (QED) is 0.819. The fraction of sp³-hybridized carbons (Fsp3) is 0.333. The molecule has 0 heterocycles. The van der Waals surface area contributed by atoms with Crippen LogP contribution in [0.1, 0.15) is 0 Å². The highest BCUT2D eigenvalue weighted by molar-refractivity contribution is 7.91. The first kappa shape index (κ1) is 12.7. The number of nitrogens with two attached hydrogens (primary N) is 1. The molecule has 1 aromatic rings. The largest absolute Gasteiger partial charge is 0.495 e. The Labute approximate surface area is 91.9 Å². The molecule has 16 heavy (non-hydrogen) atoms. The second kappa shape index (κ2) is 4.65. The maximum absolute atomic E-state index is 12.1. The number of hydrogen-bond acceptors (Lipinski definition) is 4. The third-order valence-electron chi connectivity index (χ3n) is 1.87. The maximum Gasteiger partial charge on any atom is 0.252 e. The average molecular weight is 251 g/mol. The maximum atomic E-state index is 12.1. The van der Waals surface area contributed by atoms with E-state index < -0.39 is 22.0 Å². The summed E-state index contributed by atoms with van der Waals surface area (Å²) in [4.78, 5) is -0.274. The van der Waals surface area contributed by atoms with Gasteiger partial charge in [0.1, 0.15) is 16.4 Å². The highest BCUT2D eigenvalue weighted by atomic mass is 32.2. The number of ether oxygens (including phenoxy) is 1. The number of rotatable bonds is 4. The lowest BCUT2D eigenvalue weighted by atomic mass is 10.3. The highest BCUT2D eigenvalue weighted by Crippen LogP contribution is 2.27. The fourth-order valence-electron chi connectivity index (χ4n) is 1.20. The molecule has 1 rings (SSSR count). The average Bonchev–Trinajstić information content (AvgIpc) is 2.15. The monoisotopic (exact) mass is 251 g/mol. The van der Waals surface area contributed by atoms with E-state index in [4.69, 9.17) is 10.5 Å². The van der Waals surface area contributed by atoms with Crippen molar-refractivity contribution in [3.63, 3.8) is 0 Å². The van der Waals surface area contributed by atoms with E-state index in [1.54, 1.807) is 0 Å². The molecule has 0 radical (unpaired) electrons. The normalized spacial score (nSPS) is 11.8. The number of methoxy groups -OCH3 is 1. The van der Waals surface area contributed by atoms with Crippen LogP contribution in [0.3, 0.4) is 0 Å². The molecular weight excluding hydrogens is 240 g/mol. The lowest BCUT2D eigenvalue weighted by Gasteiger charge is -2.09. The lowest BCUT2D eigenvalue weighted by Crippen LogP contribution is -2.14. The van der Waals surface area contributed by atoms with Crippen LogP contribution in [-0.4, -0.2) is 27.7 Å². The molecule has 0 aromatic heterocycles. The Kier molecular flexibility index (Phi) is 3.69. The lowest BCUT2D eigenvalue weighted by molar-refractivity contribution is 0.174. The Hall–Kier alpha value is -1.37. The Morgan fingerprint density at radius 2 is 2.06 bits per heavy atom. The molecule has 0 aliphatic carbocycles. The molecule has 1 aromatic carbocycles. The van der Waals surface area contributed by atoms with Crippen LogP contribution >= 0.6 is 0 Å². The molecular formula is C9H11F2NO3S. The van der Waals surface area contributed by atoms with Gasteiger partial charge in [-0.15, -0.1) is 0 Å². The van der Waals surface area contributed by atoms with E-state index >= 15 is 0 Å². The van der Waals surface area contributed by atoms with Crippen molar-refractivity contribution in [1.82, 2.24) is 0 Å². The van der Waals surface area contributed by atoms with Crippen LogP contribution in [-0.2, 0) is 9.84 Å². The Morgan fingerprint density at radius 1 is 1.44 bits per heavy atom.